The minimum absolute atomic E-state index is 0.0406. The van der Waals surface area contributed by atoms with Crippen molar-refractivity contribution in [3.63, 3.8) is 0 Å². The van der Waals surface area contributed by atoms with Crippen LogP contribution in [0.5, 0.6) is 0 Å². The first-order valence-corrected chi connectivity index (χ1v) is 9.23. The monoisotopic (exact) mass is 361 g/mol. The van der Waals surface area contributed by atoms with Gasteiger partial charge in [0.05, 0.1) is 13.2 Å². The fraction of sp³-hybridized carbons (Fsp3) is 0.579. The van der Waals surface area contributed by atoms with E-state index in [9.17, 15) is 4.79 Å². The number of carbonyl (C=O) groups is 1. The normalized spacial score (nSPS) is 15.8. The second-order valence-electron chi connectivity index (χ2n) is 6.68. The zero-order valence-electron chi connectivity index (χ0n) is 16.0. The molecule has 0 spiro atoms. The Labute approximate surface area is 156 Å². The largest absolute Gasteiger partial charge is 0.379 e. The highest BCUT2D eigenvalue weighted by Gasteiger charge is 2.12. The first-order valence-electron chi connectivity index (χ1n) is 9.23. The van der Waals surface area contributed by atoms with Crippen molar-refractivity contribution in [2.45, 2.75) is 32.9 Å². The molecular weight excluding hydrogens is 330 g/mol. The summed E-state index contributed by atoms with van der Waals surface area (Å²) in [4.78, 5) is 18.6. The maximum absolute atomic E-state index is 12.2. The molecule has 144 valence electrons. The Kier molecular flexibility index (Phi) is 8.37. The van der Waals surface area contributed by atoms with E-state index in [4.69, 9.17) is 4.74 Å². The van der Waals surface area contributed by atoms with Gasteiger partial charge in [0, 0.05) is 51.4 Å². The molecule has 1 aliphatic heterocycles. The van der Waals surface area contributed by atoms with Crippen molar-refractivity contribution in [3.05, 3.63) is 29.8 Å². The van der Waals surface area contributed by atoms with Crippen LogP contribution in [-0.2, 0) is 16.1 Å². The predicted octanol–water partition coefficient (Wildman–Crippen LogP) is 1.42. The minimum Gasteiger partial charge on any atom is -0.379 e. The Morgan fingerprint density at radius 2 is 2.08 bits per heavy atom. The number of rotatable bonds is 7. The maximum Gasteiger partial charge on any atom is 0.225 e. The molecule has 1 aromatic carbocycles. The van der Waals surface area contributed by atoms with Gasteiger partial charge in [-0.25, -0.2) is 0 Å². The van der Waals surface area contributed by atoms with Gasteiger partial charge in [0.25, 0.3) is 0 Å². The fourth-order valence-electron chi connectivity index (χ4n) is 2.72. The van der Waals surface area contributed by atoms with Gasteiger partial charge >= 0.3 is 0 Å². The number of morpholine rings is 1. The van der Waals surface area contributed by atoms with E-state index < -0.39 is 0 Å². The lowest BCUT2D eigenvalue weighted by Crippen LogP contribution is -2.40. The summed E-state index contributed by atoms with van der Waals surface area (Å²) in [5.41, 5.74) is 1.91. The first kappa shape index (κ1) is 20.2. The number of hydrogen-bond acceptors (Lipinski definition) is 4. The van der Waals surface area contributed by atoms with E-state index in [1.54, 1.807) is 7.05 Å². The van der Waals surface area contributed by atoms with E-state index in [1.165, 1.54) is 0 Å². The lowest BCUT2D eigenvalue weighted by Gasteiger charge is -2.26. The van der Waals surface area contributed by atoms with Crippen LogP contribution >= 0.6 is 0 Å². The van der Waals surface area contributed by atoms with Gasteiger partial charge in [-0.3, -0.25) is 14.7 Å². The number of nitrogens with one attached hydrogen (secondary N) is 3. The van der Waals surface area contributed by atoms with Gasteiger partial charge in [0.2, 0.25) is 5.91 Å². The van der Waals surface area contributed by atoms with Gasteiger partial charge in [-0.15, -0.1) is 0 Å². The number of aliphatic imine (C=N–C) groups is 1. The molecule has 2 rings (SSSR count). The number of benzene rings is 1. The quantitative estimate of drug-likeness (QED) is 0.506. The van der Waals surface area contributed by atoms with Gasteiger partial charge < -0.3 is 20.7 Å². The van der Waals surface area contributed by atoms with Crippen LogP contribution in [0.25, 0.3) is 0 Å². The average Bonchev–Trinajstić information content (AvgIpc) is 2.64. The molecule has 3 N–H and O–H groups in total. The second-order valence-corrected chi connectivity index (χ2v) is 6.68. The van der Waals surface area contributed by atoms with Crippen molar-refractivity contribution in [1.29, 1.82) is 0 Å². The Balaban J connectivity index is 1.79. The summed E-state index contributed by atoms with van der Waals surface area (Å²) in [7, 11) is 1.75. The predicted molar refractivity (Wildman–Crippen MR) is 105 cm³/mol. The van der Waals surface area contributed by atoms with E-state index in [-0.39, 0.29) is 5.91 Å². The maximum atomic E-state index is 12.2. The molecule has 0 unspecified atom stereocenters. The molecule has 1 amide bonds. The van der Waals surface area contributed by atoms with Gasteiger partial charge in [-0.05, 0) is 31.5 Å². The molecule has 1 heterocycles. The molecule has 1 aromatic rings. The van der Waals surface area contributed by atoms with Crippen LogP contribution in [0.2, 0.25) is 0 Å². The summed E-state index contributed by atoms with van der Waals surface area (Å²) >= 11 is 0. The lowest BCUT2D eigenvalue weighted by molar-refractivity contribution is -0.116. The molecule has 0 saturated carbocycles. The molecule has 0 aromatic heterocycles. The third-order valence-corrected chi connectivity index (χ3v) is 4.08. The zero-order chi connectivity index (χ0) is 18.8. The molecule has 7 heteroatoms. The van der Waals surface area contributed by atoms with Gasteiger partial charge in [0.15, 0.2) is 5.96 Å². The topological polar surface area (TPSA) is 78.0 Å². The standard InChI is InChI=1S/C19H31N5O2/c1-15(2)22-19(20-3)21-14-16-5-4-6-17(13-16)23-18(25)7-8-24-9-11-26-12-10-24/h4-6,13,15H,7-12,14H2,1-3H3,(H,23,25)(H2,20,21,22). The number of anilines is 1. The summed E-state index contributed by atoms with van der Waals surface area (Å²) < 4.78 is 5.32. The Bertz CT molecular complexity index is 597. The molecule has 1 aliphatic rings. The molecule has 1 fully saturated rings. The molecule has 0 atom stereocenters. The Morgan fingerprint density at radius 1 is 1.31 bits per heavy atom. The van der Waals surface area contributed by atoms with Crippen LogP contribution in [0.3, 0.4) is 0 Å². The number of guanidine groups is 1. The number of nitrogens with zero attached hydrogens (tertiary/aromatic N) is 2. The van der Waals surface area contributed by atoms with Crippen molar-refractivity contribution in [2.24, 2.45) is 4.99 Å². The fourth-order valence-corrected chi connectivity index (χ4v) is 2.72. The molecule has 26 heavy (non-hydrogen) atoms. The van der Waals surface area contributed by atoms with Crippen molar-refractivity contribution in [2.75, 3.05) is 45.2 Å². The van der Waals surface area contributed by atoms with Crippen LogP contribution in [0.4, 0.5) is 5.69 Å². The minimum atomic E-state index is 0.0406. The Morgan fingerprint density at radius 3 is 2.77 bits per heavy atom. The molecule has 0 radical (unpaired) electrons. The summed E-state index contributed by atoms with van der Waals surface area (Å²) in [5, 5.41) is 9.51. The van der Waals surface area contributed by atoms with Crippen LogP contribution in [0.1, 0.15) is 25.8 Å². The highest BCUT2D eigenvalue weighted by molar-refractivity contribution is 5.90. The van der Waals surface area contributed by atoms with Crippen LogP contribution < -0.4 is 16.0 Å². The molecule has 0 bridgehead atoms. The van der Waals surface area contributed by atoms with Crippen molar-refractivity contribution >= 4 is 17.6 Å². The first-order chi connectivity index (χ1) is 12.6. The SMILES string of the molecule is CN=C(NCc1cccc(NC(=O)CCN2CCOCC2)c1)NC(C)C. The molecule has 0 aliphatic carbocycles. The molecular formula is C19H31N5O2. The third-order valence-electron chi connectivity index (χ3n) is 4.08. The second kappa shape index (κ2) is 10.8. The van der Waals surface area contributed by atoms with E-state index in [1.807, 2.05) is 24.3 Å². The van der Waals surface area contributed by atoms with Crippen LogP contribution in [-0.4, -0.2) is 62.7 Å². The van der Waals surface area contributed by atoms with E-state index in [2.05, 4.69) is 39.7 Å². The van der Waals surface area contributed by atoms with Crippen molar-refractivity contribution in [1.82, 2.24) is 15.5 Å². The third kappa shape index (κ3) is 7.41. The molecule has 7 nitrogen and oxygen atoms in total. The van der Waals surface area contributed by atoms with Crippen LogP contribution in [0, 0.1) is 0 Å². The summed E-state index contributed by atoms with van der Waals surface area (Å²) in [6.07, 6.45) is 0.493. The number of hydrogen-bond donors (Lipinski definition) is 3. The van der Waals surface area contributed by atoms with Gasteiger partial charge in [-0.2, -0.15) is 0 Å². The highest BCUT2D eigenvalue weighted by Crippen LogP contribution is 2.11. The van der Waals surface area contributed by atoms with E-state index in [0.29, 0.717) is 19.0 Å². The van der Waals surface area contributed by atoms with E-state index >= 15 is 0 Å². The summed E-state index contributed by atoms with van der Waals surface area (Å²) in [6, 6.07) is 8.20. The van der Waals surface area contributed by atoms with Gasteiger partial charge in [-0.1, -0.05) is 12.1 Å². The number of ether oxygens (including phenoxy) is 1. The van der Waals surface area contributed by atoms with Crippen molar-refractivity contribution in [3.8, 4) is 0 Å². The molecule has 1 saturated heterocycles. The van der Waals surface area contributed by atoms with Crippen LogP contribution in [0.15, 0.2) is 29.3 Å². The highest BCUT2D eigenvalue weighted by atomic mass is 16.5. The zero-order valence-corrected chi connectivity index (χ0v) is 16.0. The number of carbonyl (C=O) groups excluding carboxylic acids is 1. The average molecular weight is 361 g/mol. The summed E-state index contributed by atoms with van der Waals surface area (Å²) in [5.74, 6) is 0.804. The number of amides is 1. The summed E-state index contributed by atoms with van der Waals surface area (Å²) in [6.45, 7) is 8.87. The van der Waals surface area contributed by atoms with Crippen molar-refractivity contribution < 1.29 is 9.53 Å². The smallest absolute Gasteiger partial charge is 0.225 e. The van der Waals surface area contributed by atoms with E-state index in [0.717, 1.165) is 50.1 Å². The Hall–Kier alpha value is -2.12. The lowest BCUT2D eigenvalue weighted by atomic mass is 10.2. The van der Waals surface area contributed by atoms with Gasteiger partial charge in [0.1, 0.15) is 0 Å².